The van der Waals surface area contributed by atoms with Gasteiger partial charge in [0.1, 0.15) is 30.7 Å². The number of fused-ring (bicyclic) bond motifs is 3. The van der Waals surface area contributed by atoms with E-state index < -0.39 is 21.7 Å². The zero-order valence-corrected chi connectivity index (χ0v) is 36.3. The van der Waals surface area contributed by atoms with E-state index in [4.69, 9.17) is 29.3 Å². The van der Waals surface area contributed by atoms with E-state index in [1.807, 2.05) is 79.4 Å². The summed E-state index contributed by atoms with van der Waals surface area (Å²) in [5, 5.41) is 16.0. The molecule has 3 atom stereocenters. The molecule has 0 saturated carbocycles. The predicted octanol–water partition coefficient (Wildman–Crippen LogP) is 9.41. The molecule has 2 fully saturated rings. The number of carbonyl (C=O) groups is 1. The molecule has 0 spiro atoms. The third-order valence-corrected chi connectivity index (χ3v) is 13.8. The van der Waals surface area contributed by atoms with Gasteiger partial charge in [0.25, 0.3) is 0 Å². The van der Waals surface area contributed by atoms with Crippen molar-refractivity contribution in [2.24, 2.45) is 0 Å². The smallest absolute Gasteiger partial charge is 0.410 e. The van der Waals surface area contributed by atoms with E-state index in [0.717, 1.165) is 53.0 Å². The molecule has 2 aliphatic heterocycles. The Morgan fingerprint density at radius 3 is 2.04 bits per heavy atom. The van der Waals surface area contributed by atoms with Crippen LogP contribution in [0.1, 0.15) is 63.6 Å². The Labute approximate surface area is 329 Å². The molecule has 13 heteroatoms. The van der Waals surface area contributed by atoms with Crippen LogP contribution >= 0.6 is 0 Å². The number of hydrogen-bond donors (Lipinski definition) is 0. The van der Waals surface area contributed by atoms with Crippen LogP contribution in [0.15, 0.2) is 54.9 Å². The summed E-state index contributed by atoms with van der Waals surface area (Å²) in [7, 11) is -2.68. The van der Waals surface area contributed by atoms with Gasteiger partial charge in [0.2, 0.25) is 0 Å². The number of benzene rings is 1. The molecule has 1 aromatic carbocycles. The van der Waals surface area contributed by atoms with E-state index in [9.17, 15) is 10.1 Å². The van der Waals surface area contributed by atoms with Gasteiger partial charge in [-0.2, -0.15) is 14.9 Å². The topological polar surface area (TPSA) is 118 Å². The molecule has 0 radical (unpaired) electrons. The minimum Gasteiger partial charge on any atom is -0.444 e. The number of piperidine rings is 1. The van der Waals surface area contributed by atoms with E-state index in [0.29, 0.717) is 43.1 Å². The Balaban J connectivity index is 1.43. The van der Waals surface area contributed by atoms with Crippen LogP contribution in [-0.2, 0) is 14.2 Å². The summed E-state index contributed by atoms with van der Waals surface area (Å²) in [6.07, 6.45) is 6.63. The first kappa shape index (κ1) is 40.6. The number of hydrogen-bond acceptors (Lipinski definition) is 9. The van der Waals surface area contributed by atoms with Gasteiger partial charge in [0.15, 0.2) is 11.5 Å². The Hall–Kier alpha value is -4.10. The highest BCUT2D eigenvalue weighted by molar-refractivity contribution is 6.76. The molecule has 2 saturated heterocycles. The van der Waals surface area contributed by atoms with Crippen LogP contribution in [0.25, 0.3) is 28.0 Å². The number of nitriles is 1. The molecule has 2 bridgehead atoms. The maximum absolute atomic E-state index is 13.4. The maximum atomic E-state index is 13.4. The lowest BCUT2D eigenvalue weighted by atomic mass is 9.86. The van der Waals surface area contributed by atoms with Crippen LogP contribution in [0.3, 0.4) is 0 Å². The maximum Gasteiger partial charge on any atom is 0.410 e. The van der Waals surface area contributed by atoms with Gasteiger partial charge in [-0.3, -0.25) is 4.98 Å². The van der Waals surface area contributed by atoms with Gasteiger partial charge in [0.05, 0.1) is 17.6 Å². The van der Waals surface area contributed by atoms with Gasteiger partial charge in [-0.15, -0.1) is 0 Å². The molecule has 3 aromatic heterocycles. The second-order valence-corrected chi connectivity index (χ2v) is 29.8. The number of anilines is 1. The standard InChI is InChI=1S/C42H59N7O4Si2/c1-42(2,3)53-41(50)48-33-16-17-34(48)24-32(23-33)38-35(25-43)40(47(28-51-19-21-54(4,5)6)29-52-20-22-55(7,8)9)49-39(46-38)36(27-45-49)31-15-18-37(44-26-31)30-13-11-10-12-14-30/h10-15,18,26-27,32-34H,16-17,19-24,28-29H2,1-9H3/t32?,33-,34?/m1/s1. The van der Waals surface area contributed by atoms with Crippen LogP contribution in [-0.4, -0.2) is 91.1 Å². The molecule has 294 valence electrons. The molecule has 11 nitrogen and oxygen atoms in total. The summed E-state index contributed by atoms with van der Waals surface area (Å²) >= 11 is 0. The molecule has 4 aromatic rings. The quantitative estimate of drug-likeness (QED) is 0.0701. The molecule has 55 heavy (non-hydrogen) atoms. The van der Waals surface area contributed by atoms with E-state index in [2.05, 4.69) is 51.4 Å². The van der Waals surface area contributed by atoms with E-state index in [-0.39, 0.29) is 37.6 Å². The summed E-state index contributed by atoms with van der Waals surface area (Å²) in [5.74, 6) is 0.573. The summed E-state index contributed by atoms with van der Waals surface area (Å²) in [5.41, 5.74) is 4.91. The average molecular weight is 782 g/mol. The first-order chi connectivity index (χ1) is 26.0. The van der Waals surface area contributed by atoms with Crippen molar-refractivity contribution in [3.63, 3.8) is 0 Å². The summed E-state index contributed by atoms with van der Waals surface area (Å²) < 4.78 is 20.4. The first-order valence-electron chi connectivity index (χ1n) is 19.8. The molecular weight excluding hydrogens is 723 g/mol. The van der Waals surface area contributed by atoms with Crippen molar-refractivity contribution in [3.05, 3.63) is 66.1 Å². The van der Waals surface area contributed by atoms with Gasteiger partial charge in [-0.05, 0) is 64.6 Å². The van der Waals surface area contributed by atoms with Crippen molar-refractivity contribution in [2.75, 3.05) is 31.6 Å². The zero-order valence-electron chi connectivity index (χ0n) is 34.3. The fourth-order valence-corrected chi connectivity index (χ4v) is 9.02. The fraction of sp³-hybridized carbons (Fsp3) is 0.548. The number of carbonyl (C=O) groups excluding carboxylic acids is 1. The molecule has 1 amide bonds. The number of aromatic nitrogens is 4. The van der Waals surface area contributed by atoms with Gasteiger partial charge in [0, 0.05) is 70.3 Å². The van der Waals surface area contributed by atoms with Crippen molar-refractivity contribution >= 4 is 33.7 Å². The minimum atomic E-state index is -1.34. The second kappa shape index (κ2) is 16.6. The van der Waals surface area contributed by atoms with Crippen molar-refractivity contribution in [2.45, 2.75) is 121 Å². The molecule has 0 N–H and O–H groups in total. The Morgan fingerprint density at radius 2 is 1.51 bits per heavy atom. The molecular formula is C42H59N7O4Si2. The number of rotatable bonds is 14. The molecule has 2 unspecified atom stereocenters. The van der Waals surface area contributed by atoms with Crippen molar-refractivity contribution in [1.82, 2.24) is 24.5 Å². The van der Waals surface area contributed by atoms with E-state index in [1.165, 1.54) is 0 Å². The zero-order chi connectivity index (χ0) is 39.5. The lowest BCUT2D eigenvalue weighted by Gasteiger charge is -2.39. The van der Waals surface area contributed by atoms with Crippen LogP contribution in [0.4, 0.5) is 10.6 Å². The first-order valence-corrected chi connectivity index (χ1v) is 27.2. The Kier molecular flexibility index (Phi) is 12.2. The van der Waals surface area contributed by atoms with Gasteiger partial charge >= 0.3 is 6.09 Å². The lowest BCUT2D eigenvalue weighted by Crippen LogP contribution is -2.48. The molecule has 0 aliphatic carbocycles. The van der Waals surface area contributed by atoms with Crippen molar-refractivity contribution in [3.8, 4) is 28.5 Å². The normalized spacial score (nSPS) is 18.8. The van der Waals surface area contributed by atoms with Gasteiger partial charge in [-0.25, -0.2) is 9.78 Å². The molecule has 5 heterocycles. The number of ether oxygens (including phenoxy) is 3. The summed E-state index contributed by atoms with van der Waals surface area (Å²) in [4.78, 5) is 27.5. The lowest BCUT2D eigenvalue weighted by molar-refractivity contribution is 0.00568. The Bertz CT molecular complexity index is 1940. The predicted molar refractivity (Wildman–Crippen MR) is 224 cm³/mol. The third-order valence-electron chi connectivity index (χ3n) is 10.4. The number of nitrogens with zero attached hydrogens (tertiary/aromatic N) is 7. The largest absolute Gasteiger partial charge is 0.444 e. The number of amides is 1. The minimum absolute atomic E-state index is 0.0108. The number of pyridine rings is 1. The van der Waals surface area contributed by atoms with Crippen LogP contribution in [0, 0.1) is 11.3 Å². The monoisotopic (exact) mass is 781 g/mol. The SMILES string of the molecule is CC(C)(C)OC(=O)N1C2CC[C@@H]1CC(c1nc3c(-c4ccc(-c5ccccc5)nc4)cnn3c(N(COCC[Si](C)(C)C)COCC[Si](C)(C)C)c1C#N)C2. The van der Waals surface area contributed by atoms with Crippen LogP contribution < -0.4 is 4.90 Å². The average Bonchev–Trinajstić information content (AvgIpc) is 3.66. The van der Waals surface area contributed by atoms with Crippen LogP contribution in [0.5, 0.6) is 0 Å². The van der Waals surface area contributed by atoms with Gasteiger partial charge < -0.3 is 24.0 Å². The summed E-state index contributed by atoms with van der Waals surface area (Å²) in [6.45, 7) is 21.5. The Morgan fingerprint density at radius 1 is 0.891 bits per heavy atom. The molecule has 2 aliphatic rings. The summed E-state index contributed by atoms with van der Waals surface area (Å²) in [6, 6.07) is 18.8. The highest BCUT2D eigenvalue weighted by Gasteiger charge is 2.46. The van der Waals surface area contributed by atoms with Crippen molar-refractivity contribution < 1.29 is 19.0 Å². The third kappa shape index (κ3) is 10.0. The van der Waals surface area contributed by atoms with E-state index >= 15 is 0 Å². The second-order valence-electron chi connectivity index (χ2n) is 18.6. The highest BCUT2D eigenvalue weighted by Crippen LogP contribution is 2.45. The van der Waals surface area contributed by atoms with E-state index in [1.54, 1.807) is 4.52 Å². The van der Waals surface area contributed by atoms with Crippen molar-refractivity contribution in [1.29, 1.82) is 5.26 Å². The van der Waals surface area contributed by atoms with Gasteiger partial charge in [-0.1, -0.05) is 75.7 Å². The fourth-order valence-electron chi connectivity index (χ4n) is 7.51. The van der Waals surface area contributed by atoms with Crippen LogP contribution in [0.2, 0.25) is 51.4 Å². The molecule has 6 rings (SSSR count). The highest BCUT2D eigenvalue weighted by atomic mass is 28.3.